The van der Waals surface area contributed by atoms with E-state index in [1.807, 2.05) is 32.9 Å². The Balaban J connectivity index is 2.60. The quantitative estimate of drug-likeness (QED) is 0.231. The summed E-state index contributed by atoms with van der Waals surface area (Å²) in [6, 6.07) is 0. The Hall–Kier alpha value is -2.88. The van der Waals surface area contributed by atoms with E-state index < -0.39 is 11.6 Å². The zero-order valence-corrected chi connectivity index (χ0v) is 18.4. The Kier molecular flexibility index (Phi) is 7.99. The molecule has 0 bridgehead atoms. The zero-order chi connectivity index (χ0) is 22.4. The second-order valence-corrected chi connectivity index (χ2v) is 8.09. The van der Waals surface area contributed by atoms with Crippen molar-refractivity contribution in [3.63, 3.8) is 0 Å². The molecule has 0 aromatic carbocycles. The molecule has 0 amide bonds. The third kappa shape index (κ3) is 4.81. The lowest BCUT2D eigenvalue weighted by Gasteiger charge is -2.34. The Morgan fingerprint density at radius 3 is 2.57 bits per heavy atom. The van der Waals surface area contributed by atoms with Gasteiger partial charge in [-0.05, 0) is 44.6 Å². The van der Waals surface area contributed by atoms with Crippen LogP contribution < -0.4 is 5.32 Å². The van der Waals surface area contributed by atoms with Gasteiger partial charge in [-0.2, -0.15) is 0 Å². The lowest BCUT2D eigenvalue weighted by molar-refractivity contribution is -0.133. The van der Waals surface area contributed by atoms with Crippen molar-refractivity contribution in [1.82, 2.24) is 5.32 Å². The maximum absolute atomic E-state index is 13.1. The van der Waals surface area contributed by atoms with Gasteiger partial charge < -0.3 is 10.4 Å². The fourth-order valence-electron chi connectivity index (χ4n) is 4.19. The SMILES string of the molecule is C=C/C=C(\C=C)CNC1=C(CCC)C(=O)C(=O)C([C@@H]2C=C(C)CCC2C(=C)C)=C1O. The lowest BCUT2D eigenvalue weighted by Crippen LogP contribution is -2.36. The van der Waals surface area contributed by atoms with E-state index in [4.69, 9.17) is 0 Å². The average Bonchev–Trinajstić information content (AvgIpc) is 2.70. The van der Waals surface area contributed by atoms with E-state index >= 15 is 0 Å². The summed E-state index contributed by atoms with van der Waals surface area (Å²) in [5.41, 5.74) is 3.84. The molecule has 0 saturated heterocycles. The topological polar surface area (TPSA) is 66.4 Å². The van der Waals surface area contributed by atoms with Crippen LogP contribution in [-0.2, 0) is 9.59 Å². The van der Waals surface area contributed by atoms with Crippen molar-refractivity contribution in [3.8, 4) is 0 Å². The molecule has 0 heterocycles. The number of Topliss-reactive ketones (excluding diaryl/α,β-unsaturated/α-hetero) is 2. The van der Waals surface area contributed by atoms with Gasteiger partial charge in [0.1, 0.15) is 5.76 Å². The number of hydrogen-bond acceptors (Lipinski definition) is 4. The number of carbonyl (C=O) groups is 2. The second kappa shape index (κ2) is 10.2. The molecule has 0 aliphatic heterocycles. The van der Waals surface area contributed by atoms with E-state index in [0.717, 1.165) is 29.6 Å². The number of allylic oxidation sites excluding steroid dienone is 7. The van der Waals surface area contributed by atoms with Crippen molar-refractivity contribution in [3.05, 3.63) is 83.4 Å². The number of aliphatic hydroxyl groups excluding tert-OH is 1. The summed E-state index contributed by atoms with van der Waals surface area (Å²) >= 11 is 0. The van der Waals surface area contributed by atoms with Crippen LogP contribution in [0.25, 0.3) is 0 Å². The smallest absolute Gasteiger partial charge is 0.233 e. The molecule has 1 unspecified atom stereocenters. The zero-order valence-electron chi connectivity index (χ0n) is 18.4. The summed E-state index contributed by atoms with van der Waals surface area (Å²) in [5, 5.41) is 14.4. The number of carbonyl (C=O) groups excluding carboxylic acids is 2. The fraction of sp³-hybridized carbons (Fsp3) is 0.385. The number of ketones is 2. The van der Waals surface area contributed by atoms with Crippen LogP contribution in [0.2, 0.25) is 0 Å². The van der Waals surface area contributed by atoms with Crippen LogP contribution in [0.15, 0.2) is 83.4 Å². The molecule has 4 nitrogen and oxygen atoms in total. The number of hydrogen-bond donors (Lipinski definition) is 2. The minimum Gasteiger partial charge on any atom is -0.505 e. The van der Waals surface area contributed by atoms with E-state index in [2.05, 4.69) is 25.1 Å². The van der Waals surface area contributed by atoms with Gasteiger partial charge in [0.15, 0.2) is 0 Å². The average molecular weight is 408 g/mol. The highest BCUT2D eigenvalue weighted by Crippen LogP contribution is 2.41. The van der Waals surface area contributed by atoms with Crippen LogP contribution >= 0.6 is 0 Å². The first kappa shape index (κ1) is 23.4. The Bertz CT molecular complexity index is 895. The molecule has 2 aliphatic carbocycles. The van der Waals surface area contributed by atoms with Crippen molar-refractivity contribution < 1.29 is 14.7 Å². The lowest BCUT2D eigenvalue weighted by atomic mass is 9.70. The van der Waals surface area contributed by atoms with Crippen LogP contribution in [0.3, 0.4) is 0 Å². The molecule has 2 aliphatic rings. The second-order valence-electron chi connectivity index (χ2n) is 8.09. The highest BCUT2D eigenvalue weighted by Gasteiger charge is 2.41. The van der Waals surface area contributed by atoms with E-state index in [9.17, 15) is 14.7 Å². The predicted octanol–water partition coefficient (Wildman–Crippen LogP) is 5.44. The molecule has 0 fully saturated rings. The van der Waals surface area contributed by atoms with Gasteiger partial charge >= 0.3 is 0 Å². The Labute approximate surface area is 180 Å². The highest BCUT2D eigenvalue weighted by atomic mass is 16.3. The molecule has 0 saturated carbocycles. The highest BCUT2D eigenvalue weighted by molar-refractivity contribution is 6.50. The first-order valence-corrected chi connectivity index (χ1v) is 10.5. The summed E-state index contributed by atoms with van der Waals surface area (Å²) in [7, 11) is 0. The maximum Gasteiger partial charge on any atom is 0.233 e. The summed E-state index contributed by atoms with van der Waals surface area (Å²) in [6.07, 6.45) is 10.0. The minimum atomic E-state index is -0.603. The summed E-state index contributed by atoms with van der Waals surface area (Å²) in [5.74, 6) is -1.59. The van der Waals surface area contributed by atoms with Crippen LogP contribution in [-0.4, -0.2) is 23.2 Å². The fourth-order valence-corrected chi connectivity index (χ4v) is 4.19. The van der Waals surface area contributed by atoms with Gasteiger partial charge in [0.05, 0.1) is 11.3 Å². The number of nitrogens with one attached hydrogen (secondary N) is 1. The minimum absolute atomic E-state index is 0.0148. The molecule has 4 heteroatoms. The molecule has 2 rings (SSSR count). The van der Waals surface area contributed by atoms with Crippen LogP contribution in [0.5, 0.6) is 0 Å². The van der Waals surface area contributed by atoms with Crippen molar-refractivity contribution in [2.75, 3.05) is 6.54 Å². The summed E-state index contributed by atoms with van der Waals surface area (Å²) in [4.78, 5) is 26.1. The van der Waals surface area contributed by atoms with Crippen LogP contribution in [0, 0.1) is 11.8 Å². The molecule has 0 spiro atoms. The van der Waals surface area contributed by atoms with E-state index in [1.54, 1.807) is 12.2 Å². The van der Waals surface area contributed by atoms with Gasteiger partial charge in [0.2, 0.25) is 11.6 Å². The largest absolute Gasteiger partial charge is 0.505 e. The standard InChI is InChI=1S/C26H33NO3/c1-7-10-18(9-3)15-27-23-20(11-8-2)24(28)26(30)22(25(23)29)21-14-17(6)12-13-19(21)16(4)5/h7,9-10,14,19,21,27,29H,1,3-4,8,11-13,15H2,2,5-6H3/b18-10+/t19?,21-/m1/s1. The van der Waals surface area contributed by atoms with Gasteiger partial charge in [-0.3, -0.25) is 9.59 Å². The van der Waals surface area contributed by atoms with Crippen molar-refractivity contribution >= 4 is 11.6 Å². The third-order valence-corrected chi connectivity index (χ3v) is 5.80. The van der Waals surface area contributed by atoms with E-state index in [1.165, 1.54) is 0 Å². The van der Waals surface area contributed by atoms with Gasteiger partial charge in [0, 0.05) is 18.0 Å². The summed E-state index contributed by atoms with van der Waals surface area (Å²) in [6.45, 7) is 17.8. The van der Waals surface area contributed by atoms with E-state index in [0.29, 0.717) is 30.7 Å². The first-order chi connectivity index (χ1) is 14.3. The van der Waals surface area contributed by atoms with Crippen molar-refractivity contribution in [2.24, 2.45) is 11.8 Å². The Morgan fingerprint density at radius 2 is 2.00 bits per heavy atom. The van der Waals surface area contributed by atoms with Gasteiger partial charge in [-0.15, -0.1) is 0 Å². The predicted molar refractivity (Wildman–Crippen MR) is 123 cm³/mol. The molecular weight excluding hydrogens is 374 g/mol. The Morgan fingerprint density at radius 1 is 1.30 bits per heavy atom. The van der Waals surface area contributed by atoms with Crippen LogP contribution in [0.4, 0.5) is 0 Å². The molecule has 2 atom stereocenters. The van der Waals surface area contributed by atoms with Crippen molar-refractivity contribution in [1.29, 1.82) is 0 Å². The number of rotatable bonds is 9. The van der Waals surface area contributed by atoms with Gasteiger partial charge in [0.25, 0.3) is 0 Å². The molecule has 0 aromatic rings. The first-order valence-electron chi connectivity index (χ1n) is 10.5. The van der Waals surface area contributed by atoms with Crippen molar-refractivity contribution in [2.45, 2.75) is 46.5 Å². The molecule has 30 heavy (non-hydrogen) atoms. The van der Waals surface area contributed by atoms with Gasteiger partial charge in [-0.25, -0.2) is 0 Å². The molecular formula is C26H33NO3. The molecule has 160 valence electrons. The normalized spacial score (nSPS) is 22.8. The molecule has 0 aromatic heterocycles. The molecule has 0 radical (unpaired) electrons. The monoisotopic (exact) mass is 407 g/mol. The molecule has 2 N–H and O–H groups in total. The van der Waals surface area contributed by atoms with E-state index in [-0.39, 0.29) is 23.2 Å². The van der Waals surface area contributed by atoms with Crippen LogP contribution in [0.1, 0.15) is 46.5 Å². The summed E-state index contributed by atoms with van der Waals surface area (Å²) < 4.78 is 0. The van der Waals surface area contributed by atoms with Gasteiger partial charge in [-0.1, -0.05) is 68.5 Å². The number of aliphatic hydroxyl groups is 1. The third-order valence-electron chi connectivity index (χ3n) is 5.80. The maximum atomic E-state index is 13.1.